The molecule has 3 aromatic rings. The van der Waals surface area contributed by atoms with Crippen LogP contribution in [0.2, 0.25) is 0 Å². The van der Waals surface area contributed by atoms with E-state index < -0.39 is 6.10 Å². The van der Waals surface area contributed by atoms with Crippen molar-refractivity contribution in [1.29, 1.82) is 0 Å². The Balaban J connectivity index is 1.37. The molecule has 2 aromatic heterocycles. The predicted octanol–water partition coefficient (Wildman–Crippen LogP) is 1.74. The molecule has 168 valence electrons. The first-order valence-corrected chi connectivity index (χ1v) is 10.8. The smallest absolute Gasteiger partial charge is 0.351 e. The van der Waals surface area contributed by atoms with Crippen molar-refractivity contribution in [2.45, 2.75) is 25.2 Å². The fourth-order valence-corrected chi connectivity index (χ4v) is 3.94. The molecular weight excluding hydrogens is 422 g/mol. The van der Waals surface area contributed by atoms with E-state index in [4.69, 9.17) is 14.2 Å². The summed E-state index contributed by atoms with van der Waals surface area (Å²) in [5.74, 6) is 6.18. The summed E-state index contributed by atoms with van der Waals surface area (Å²) in [4.78, 5) is 20.7. The number of fused-ring (bicyclic) bond motifs is 3. The topological polar surface area (TPSA) is 95.7 Å². The maximum Gasteiger partial charge on any atom is 0.351 e. The van der Waals surface area contributed by atoms with Crippen molar-refractivity contribution >= 4 is 0 Å². The van der Waals surface area contributed by atoms with Gasteiger partial charge >= 0.3 is 5.69 Å². The minimum absolute atomic E-state index is 0.172. The van der Waals surface area contributed by atoms with E-state index >= 15 is 0 Å². The molecule has 1 fully saturated rings. The summed E-state index contributed by atoms with van der Waals surface area (Å²) in [7, 11) is 0. The monoisotopic (exact) mass is 445 g/mol. The second-order valence-electron chi connectivity index (χ2n) is 7.87. The molecule has 2 unspecified atom stereocenters. The fourth-order valence-electron chi connectivity index (χ4n) is 3.94. The SMILES string of the molecule is O=c1nc(OCC2COCCO2)cc2n1CCc1cc(C#CC(O)c3cccnc3)ccc1-2. The van der Waals surface area contributed by atoms with Gasteiger partial charge in [0.05, 0.1) is 25.5 Å². The van der Waals surface area contributed by atoms with Crippen LogP contribution in [0.4, 0.5) is 0 Å². The minimum Gasteiger partial charge on any atom is -0.475 e. The molecule has 1 aromatic carbocycles. The summed E-state index contributed by atoms with van der Waals surface area (Å²) < 4.78 is 18.4. The van der Waals surface area contributed by atoms with Crippen molar-refractivity contribution in [2.24, 2.45) is 0 Å². The van der Waals surface area contributed by atoms with E-state index in [1.807, 2.05) is 18.2 Å². The maximum absolute atomic E-state index is 12.6. The van der Waals surface area contributed by atoms with Crippen LogP contribution in [-0.2, 0) is 22.4 Å². The third-order valence-corrected chi connectivity index (χ3v) is 5.63. The highest BCUT2D eigenvalue weighted by Crippen LogP contribution is 2.30. The van der Waals surface area contributed by atoms with Crippen molar-refractivity contribution < 1.29 is 19.3 Å². The van der Waals surface area contributed by atoms with Gasteiger partial charge < -0.3 is 19.3 Å². The molecular formula is C25H23N3O5. The maximum atomic E-state index is 12.6. The van der Waals surface area contributed by atoms with Crippen LogP contribution in [0.5, 0.6) is 5.88 Å². The van der Waals surface area contributed by atoms with Gasteiger partial charge in [-0.3, -0.25) is 9.55 Å². The molecule has 0 spiro atoms. The highest BCUT2D eigenvalue weighted by Gasteiger charge is 2.21. The van der Waals surface area contributed by atoms with Crippen molar-refractivity contribution in [3.05, 3.63) is 76.0 Å². The van der Waals surface area contributed by atoms with E-state index in [1.54, 1.807) is 35.2 Å². The normalized spacial score (nSPS) is 17.8. The number of aromatic nitrogens is 3. The predicted molar refractivity (Wildman–Crippen MR) is 120 cm³/mol. The summed E-state index contributed by atoms with van der Waals surface area (Å²) in [6, 6.07) is 11.2. The Morgan fingerprint density at radius 2 is 2.21 bits per heavy atom. The zero-order chi connectivity index (χ0) is 22.6. The van der Waals surface area contributed by atoms with Gasteiger partial charge in [-0.15, -0.1) is 0 Å². The molecule has 2 aliphatic heterocycles. The number of hydrogen-bond acceptors (Lipinski definition) is 7. The Bertz CT molecular complexity index is 1260. The molecule has 1 N–H and O–H groups in total. The Morgan fingerprint density at radius 1 is 1.27 bits per heavy atom. The van der Waals surface area contributed by atoms with Gasteiger partial charge in [-0.25, -0.2) is 4.79 Å². The molecule has 0 saturated carbocycles. The van der Waals surface area contributed by atoms with Gasteiger partial charge in [0.1, 0.15) is 18.8 Å². The summed E-state index contributed by atoms with van der Waals surface area (Å²) in [5.41, 5.74) is 3.91. The van der Waals surface area contributed by atoms with Crippen LogP contribution in [0.25, 0.3) is 11.3 Å². The molecule has 2 aliphatic rings. The molecule has 2 atom stereocenters. The van der Waals surface area contributed by atoms with E-state index in [2.05, 4.69) is 21.8 Å². The Labute approximate surface area is 190 Å². The van der Waals surface area contributed by atoms with E-state index in [9.17, 15) is 9.90 Å². The van der Waals surface area contributed by atoms with Crippen molar-refractivity contribution in [2.75, 3.05) is 26.4 Å². The molecule has 8 heteroatoms. The molecule has 0 radical (unpaired) electrons. The molecule has 0 amide bonds. The number of benzene rings is 1. The lowest BCUT2D eigenvalue weighted by Crippen LogP contribution is -2.34. The van der Waals surface area contributed by atoms with Crippen LogP contribution in [-0.4, -0.2) is 52.2 Å². The number of aryl methyl sites for hydroxylation is 1. The molecule has 33 heavy (non-hydrogen) atoms. The average molecular weight is 445 g/mol. The van der Waals surface area contributed by atoms with Gasteiger partial charge in [0.2, 0.25) is 5.88 Å². The number of pyridine rings is 1. The summed E-state index contributed by atoms with van der Waals surface area (Å²) in [5, 5.41) is 10.3. The van der Waals surface area contributed by atoms with E-state index in [0.717, 1.165) is 22.4 Å². The highest BCUT2D eigenvalue weighted by atomic mass is 16.6. The summed E-state index contributed by atoms with van der Waals surface area (Å²) in [6.07, 6.45) is 2.87. The Hall–Kier alpha value is -3.51. The largest absolute Gasteiger partial charge is 0.475 e. The van der Waals surface area contributed by atoms with Crippen LogP contribution < -0.4 is 10.4 Å². The van der Waals surface area contributed by atoms with Gasteiger partial charge in [0.25, 0.3) is 0 Å². The van der Waals surface area contributed by atoms with Crippen molar-refractivity contribution in [3.63, 3.8) is 0 Å². The van der Waals surface area contributed by atoms with Crippen LogP contribution >= 0.6 is 0 Å². The number of rotatable bonds is 4. The zero-order valence-electron chi connectivity index (χ0n) is 17.9. The zero-order valence-corrected chi connectivity index (χ0v) is 17.9. The lowest BCUT2D eigenvalue weighted by molar-refractivity contribution is -0.102. The minimum atomic E-state index is -0.904. The van der Waals surface area contributed by atoms with E-state index in [0.29, 0.717) is 38.3 Å². The molecule has 0 aliphatic carbocycles. The number of hydrogen-bond donors (Lipinski definition) is 1. The van der Waals surface area contributed by atoms with E-state index in [-0.39, 0.29) is 24.3 Å². The first-order chi connectivity index (χ1) is 16.2. The summed E-state index contributed by atoms with van der Waals surface area (Å²) >= 11 is 0. The number of aliphatic hydroxyl groups excluding tert-OH is 1. The number of ether oxygens (including phenoxy) is 3. The fraction of sp³-hybridized carbons (Fsp3) is 0.320. The molecule has 5 rings (SSSR count). The highest BCUT2D eigenvalue weighted by molar-refractivity contribution is 5.68. The molecule has 4 heterocycles. The van der Waals surface area contributed by atoms with Gasteiger partial charge in [-0.1, -0.05) is 24.0 Å². The first-order valence-electron chi connectivity index (χ1n) is 10.8. The van der Waals surface area contributed by atoms with Crippen LogP contribution in [0, 0.1) is 11.8 Å². The molecule has 0 bridgehead atoms. The van der Waals surface area contributed by atoms with Crippen molar-refractivity contribution in [1.82, 2.24) is 14.5 Å². The van der Waals surface area contributed by atoms with Gasteiger partial charge in [0.15, 0.2) is 0 Å². The van der Waals surface area contributed by atoms with Crippen LogP contribution in [0.3, 0.4) is 0 Å². The van der Waals surface area contributed by atoms with Gasteiger partial charge in [-0.2, -0.15) is 4.98 Å². The number of nitrogens with zero attached hydrogens (tertiary/aromatic N) is 3. The lowest BCUT2D eigenvalue weighted by atomic mass is 9.95. The lowest BCUT2D eigenvalue weighted by Gasteiger charge is -2.24. The number of aliphatic hydroxyl groups is 1. The second-order valence-corrected chi connectivity index (χ2v) is 7.87. The Morgan fingerprint density at radius 3 is 3.03 bits per heavy atom. The quantitative estimate of drug-likeness (QED) is 0.611. The molecule has 1 saturated heterocycles. The second kappa shape index (κ2) is 9.55. The molecule has 8 nitrogen and oxygen atoms in total. The van der Waals surface area contributed by atoms with Gasteiger partial charge in [0, 0.05) is 41.7 Å². The van der Waals surface area contributed by atoms with Gasteiger partial charge in [-0.05, 0) is 30.2 Å². The first kappa shape index (κ1) is 21.3. The average Bonchev–Trinajstić information content (AvgIpc) is 2.87. The Kier molecular flexibility index (Phi) is 6.17. The van der Waals surface area contributed by atoms with Crippen LogP contribution in [0.1, 0.15) is 22.8 Å². The van der Waals surface area contributed by atoms with E-state index in [1.165, 1.54) is 0 Å². The summed E-state index contributed by atoms with van der Waals surface area (Å²) in [6.45, 7) is 2.39. The third kappa shape index (κ3) is 4.81. The third-order valence-electron chi connectivity index (χ3n) is 5.63. The standard InChI is InChI=1S/C25H23N3O5/c29-23(19-2-1-8-26-14-19)6-4-17-3-5-21-18(12-17)7-9-28-22(21)13-24(27-25(28)30)33-16-20-15-31-10-11-32-20/h1-3,5,8,12-14,20,23,29H,7,9-11,15-16H2. The van der Waals surface area contributed by atoms with Crippen molar-refractivity contribution in [3.8, 4) is 29.0 Å². The van der Waals surface area contributed by atoms with Crippen LogP contribution in [0.15, 0.2) is 53.6 Å².